The minimum atomic E-state index is -4.49. The molecule has 1 aromatic heterocycles. The van der Waals surface area contributed by atoms with Gasteiger partial charge in [0.15, 0.2) is 0 Å². The Morgan fingerprint density at radius 2 is 2.29 bits per heavy atom. The maximum absolute atomic E-state index is 12.3. The monoisotopic (exact) mass is 219 g/mol. The molecular formula is C7H10FN3O2S. The predicted molar refractivity (Wildman–Crippen MR) is 46.5 cm³/mol. The Morgan fingerprint density at radius 3 is 2.86 bits per heavy atom. The van der Waals surface area contributed by atoms with Crippen molar-refractivity contribution in [3.8, 4) is 0 Å². The molecule has 0 amide bonds. The third-order valence-corrected chi connectivity index (χ3v) is 2.69. The van der Waals surface area contributed by atoms with Gasteiger partial charge in [-0.15, -0.1) is 8.98 Å². The number of halogens is 1. The summed E-state index contributed by atoms with van der Waals surface area (Å²) in [6.45, 7) is 0.749. The summed E-state index contributed by atoms with van der Waals surface area (Å²) in [6, 6.07) is 0. The normalized spacial score (nSPS) is 17.2. The van der Waals surface area contributed by atoms with Crippen molar-refractivity contribution < 1.29 is 12.3 Å². The van der Waals surface area contributed by atoms with Gasteiger partial charge in [-0.2, -0.15) is 8.42 Å². The molecule has 1 aliphatic carbocycles. The van der Waals surface area contributed by atoms with Gasteiger partial charge in [0.25, 0.3) is 0 Å². The van der Waals surface area contributed by atoms with Crippen LogP contribution in [-0.4, -0.2) is 23.4 Å². The average molecular weight is 219 g/mol. The van der Waals surface area contributed by atoms with Crippen LogP contribution < -0.4 is 0 Å². The Labute approximate surface area is 81.1 Å². The van der Waals surface area contributed by atoms with E-state index in [1.54, 1.807) is 4.68 Å². The molecule has 0 unspecified atom stereocenters. The van der Waals surface area contributed by atoms with E-state index in [-0.39, 0.29) is 5.69 Å². The molecule has 5 nitrogen and oxygen atoms in total. The molecule has 1 aliphatic rings. The summed E-state index contributed by atoms with van der Waals surface area (Å²) >= 11 is 0. The summed E-state index contributed by atoms with van der Waals surface area (Å²) < 4.78 is 34.4. The smallest absolute Gasteiger partial charge is 0.252 e. The number of aromatic nitrogens is 3. The number of nitrogens with zero attached hydrogens (tertiary/aromatic N) is 3. The fraction of sp³-hybridized carbons (Fsp3) is 0.714. The minimum absolute atomic E-state index is 0.160. The van der Waals surface area contributed by atoms with Crippen molar-refractivity contribution in [3.63, 3.8) is 0 Å². The van der Waals surface area contributed by atoms with Crippen molar-refractivity contribution in [2.24, 2.45) is 5.92 Å². The van der Waals surface area contributed by atoms with Crippen LogP contribution >= 0.6 is 0 Å². The Balaban J connectivity index is 2.01. The summed E-state index contributed by atoms with van der Waals surface area (Å²) in [6.07, 6.45) is 3.84. The van der Waals surface area contributed by atoms with Crippen LogP contribution in [0, 0.1) is 5.92 Å². The largest absolute Gasteiger partial charge is 0.308 e. The lowest BCUT2D eigenvalue weighted by Crippen LogP contribution is -2.00. The van der Waals surface area contributed by atoms with Gasteiger partial charge in [-0.05, 0) is 18.8 Å². The van der Waals surface area contributed by atoms with E-state index in [9.17, 15) is 12.3 Å². The van der Waals surface area contributed by atoms with Gasteiger partial charge in [0.1, 0.15) is 11.4 Å². The molecule has 0 aliphatic heterocycles. The zero-order valence-corrected chi connectivity index (χ0v) is 8.24. The van der Waals surface area contributed by atoms with Crippen LogP contribution in [0.4, 0.5) is 3.89 Å². The topological polar surface area (TPSA) is 64.8 Å². The first-order valence-corrected chi connectivity index (χ1v) is 5.89. The molecule has 2 rings (SSSR count). The van der Waals surface area contributed by atoms with Gasteiger partial charge in [0.05, 0.1) is 0 Å². The molecule has 0 N–H and O–H groups in total. The molecule has 1 fully saturated rings. The van der Waals surface area contributed by atoms with Crippen LogP contribution in [0.3, 0.4) is 0 Å². The molecule has 0 aromatic carbocycles. The van der Waals surface area contributed by atoms with Crippen molar-refractivity contribution >= 4 is 10.2 Å². The molecule has 14 heavy (non-hydrogen) atoms. The van der Waals surface area contributed by atoms with Crippen molar-refractivity contribution in [1.82, 2.24) is 15.0 Å². The molecule has 0 atom stereocenters. The summed E-state index contributed by atoms with van der Waals surface area (Å²) in [5, 5.41) is 7.29. The molecule has 0 saturated heterocycles. The lowest BCUT2D eigenvalue weighted by Gasteiger charge is -1.94. The van der Waals surface area contributed by atoms with Crippen LogP contribution in [0.5, 0.6) is 0 Å². The Bertz CT molecular complexity index is 424. The SMILES string of the molecule is O=S(=O)(F)Cc1cn(CC2CC2)nn1. The van der Waals surface area contributed by atoms with E-state index in [2.05, 4.69) is 10.3 Å². The van der Waals surface area contributed by atoms with Gasteiger partial charge < -0.3 is 0 Å². The van der Waals surface area contributed by atoms with E-state index in [4.69, 9.17) is 0 Å². The lowest BCUT2D eigenvalue weighted by molar-refractivity contribution is 0.544. The second-order valence-corrected chi connectivity index (χ2v) is 4.92. The zero-order chi connectivity index (χ0) is 10.2. The van der Waals surface area contributed by atoms with Crippen LogP contribution in [0.25, 0.3) is 0 Å². The maximum atomic E-state index is 12.3. The van der Waals surface area contributed by atoms with Crippen molar-refractivity contribution in [3.05, 3.63) is 11.9 Å². The predicted octanol–water partition coefficient (Wildman–Crippen LogP) is 0.487. The molecule has 0 bridgehead atoms. The van der Waals surface area contributed by atoms with Crippen molar-refractivity contribution in [2.75, 3.05) is 0 Å². The molecule has 1 aromatic rings. The van der Waals surface area contributed by atoms with Gasteiger partial charge in [0.2, 0.25) is 0 Å². The molecule has 78 valence electrons. The van der Waals surface area contributed by atoms with Gasteiger partial charge in [0, 0.05) is 12.7 Å². The average Bonchev–Trinajstić information content (AvgIpc) is 2.71. The first-order chi connectivity index (χ1) is 6.53. The first-order valence-electron chi connectivity index (χ1n) is 4.34. The molecule has 0 spiro atoms. The Hall–Kier alpha value is -0.980. The molecular weight excluding hydrogens is 209 g/mol. The van der Waals surface area contributed by atoms with Gasteiger partial charge in [-0.25, -0.2) is 0 Å². The summed E-state index contributed by atoms with van der Waals surface area (Å²) in [4.78, 5) is 0. The van der Waals surface area contributed by atoms with Crippen LogP contribution in [0.2, 0.25) is 0 Å². The van der Waals surface area contributed by atoms with E-state index in [0.717, 1.165) is 6.54 Å². The Kier molecular flexibility index (Phi) is 2.26. The van der Waals surface area contributed by atoms with Gasteiger partial charge in [-0.1, -0.05) is 5.21 Å². The highest BCUT2D eigenvalue weighted by Crippen LogP contribution is 2.30. The van der Waals surface area contributed by atoms with Gasteiger partial charge >= 0.3 is 10.2 Å². The number of hydrogen-bond donors (Lipinski definition) is 0. The lowest BCUT2D eigenvalue weighted by atomic mass is 10.4. The van der Waals surface area contributed by atoms with Crippen LogP contribution in [0.1, 0.15) is 18.5 Å². The third-order valence-electron chi connectivity index (χ3n) is 2.05. The number of hydrogen-bond acceptors (Lipinski definition) is 4. The van der Waals surface area contributed by atoms with E-state index in [1.807, 2.05) is 0 Å². The summed E-state index contributed by atoms with van der Waals surface area (Å²) in [5.41, 5.74) is 0.160. The highest BCUT2D eigenvalue weighted by atomic mass is 32.3. The fourth-order valence-corrected chi connectivity index (χ4v) is 1.72. The fourth-order valence-electron chi connectivity index (χ4n) is 1.24. The quantitative estimate of drug-likeness (QED) is 0.691. The van der Waals surface area contributed by atoms with Crippen LogP contribution in [0.15, 0.2) is 6.20 Å². The minimum Gasteiger partial charge on any atom is -0.252 e. The molecule has 7 heteroatoms. The number of rotatable bonds is 4. The van der Waals surface area contributed by atoms with Crippen molar-refractivity contribution in [2.45, 2.75) is 25.1 Å². The van der Waals surface area contributed by atoms with Crippen LogP contribution in [-0.2, 0) is 22.5 Å². The van der Waals surface area contributed by atoms with Crippen molar-refractivity contribution in [1.29, 1.82) is 0 Å². The summed E-state index contributed by atoms with van der Waals surface area (Å²) in [7, 11) is -4.49. The maximum Gasteiger partial charge on any atom is 0.308 e. The zero-order valence-electron chi connectivity index (χ0n) is 7.43. The second-order valence-electron chi connectivity index (χ2n) is 3.56. The summed E-state index contributed by atoms with van der Waals surface area (Å²) in [5.74, 6) is -0.0518. The Morgan fingerprint density at radius 1 is 1.57 bits per heavy atom. The third kappa shape index (κ3) is 2.76. The molecule has 1 saturated carbocycles. The van der Waals surface area contributed by atoms with E-state index in [0.29, 0.717) is 5.92 Å². The standard InChI is InChI=1S/C7H10FN3O2S/c8-14(12,13)5-7-4-11(10-9-7)3-6-1-2-6/h4,6H,1-3,5H2. The van der Waals surface area contributed by atoms with E-state index < -0.39 is 16.0 Å². The van der Waals surface area contributed by atoms with Gasteiger partial charge in [-0.3, -0.25) is 4.68 Å². The van der Waals surface area contributed by atoms with E-state index in [1.165, 1.54) is 19.0 Å². The highest BCUT2D eigenvalue weighted by molar-refractivity contribution is 7.85. The second kappa shape index (κ2) is 3.30. The van der Waals surface area contributed by atoms with E-state index >= 15 is 0 Å². The molecule has 0 radical (unpaired) electrons. The highest BCUT2D eigenvalue weighted by Gasteiger charge is 2.22. The first kappa shape index (κ1) is 9.57. The molecule has 1 heterocycles.